The van der Waals surface area contributed by atoms with Gasteiger partial charge < -0.3 is 30.0 Å². The zero-order valence-corrected chi connectivity index (χ0v) is 26.3. The van der Waals surface area contributed by atoms with Crippen molar-refractivity contribution in [2.45, 2.75) is 38.1 Å². The van der Waals surface area contributed by atoms with Crippen molar-refractivity contribution in [3.8, 4) is 11.5 Å². The second-order valence-corrected chi connectivity index (χ2v) is 11.7. The van der Waals surface area contributed by atoms with E-state index in [4.69, 9.17) is 14.2 Å². The first-order valence-electron chi connectivity index (χ1n) is 15.7. The fourth-order valence-electron chi connectivity index (χ4n) is 5.63. The third-order valence-electron chi connectivity index (χ3n) is 7.93. The number of likely N-dealkylation sites (N-methyl/N-ethyl adjacent to an activating group) is 1. The van der Waals surface area contributed by atoms with Crippen LogP contribution in [-0.4, -0.2) is 35.7 Å². The lowest BCUT2D eigenvalue weighted by atomic mass is 9.99. The molecule has 0 aromatic heterocycles. The highest BCUT2D eigenvalue weighted by molar-refractivity contribution is 5.99. The minimum Gasteiger partial charge on any atom is -0.457 e. The van der Waals surface area contributed by atoms with E-state index < -0.39 is 6.29 Å². The second kappa shape index (κ2) is 15.5. The molecule has 0 saturated carbocycles. The van der Waals surface area contributed by atoms with E-state index in [1.807, 2.05) is 97.1 Å². The number of nitrogens with one attached hydrogen (secondary N) is 2. The predicted octanol–water partition coefficient (Wildman–Crippen LogP) is 8.29. The number of benzene rings is 5. The Balaban J connectivity index is 1.12. The number of anilines is 2. The lowest BCUT2D eigenvalue weighted by Crippen LogP contribution is -2.37. The van der Waals surface area contributed by atoms with Crippen LogP contribution >= 0.6 is 0 Å². The van der Waals surface area contributed by atoms with Gasteiger partial charge in [-0.2, -0.15) is 0 Å². The van der Waals surface area contributed by atoms with Gasteiger partial charge in [-0.3, -0.25) is 4.90 Å². The van der Waals surface area contributed by atoms with E-state index in [9.17, 15) is 9.90 Å². The molecule has 3 atom stereocenters. The maximum Gasteiger partial charge on any atom is 0.323 e. The Morgan fingerprint density at radius 1 is 0.745 bits per heavy atom. The largest absolute Gasteiger partial charge is 0.457 e. The molecular weight excluding hydrogens is 590 g/mol. The maximum atomic E-state index is 12.9. The van der Waals surface area contributed by atoms with Crippen LogP contribution in [0.2, 0.25) is 0 Å². The average molecular weight is 630 g/mol. The van der Waals surface area contributed by atoms with Gasteiger partial charge in [0.2, 0.25) is 0 Å². The molecule has 1 aliphatic rings. The first-order valence-corrected chi connectivity index (χ1v) is 15.7. The van der Waals surface area contributed by atoms with Gasteiger partial charge in [0.15, 0.2) is 6.29 Å². The maximum absolute atomic E-state index is 12.9. The highest BCUT2D eigenvalue weighted by Gasteiger charge is 2.33. The lowest BCUT2D eigenvalue weighted by molar-refractivity contribution is -0.252. The number of aliphatic hydroxyl groups excluding tert-OH is 1. The van der Waals surface area contributed by atoms with Gasteiger partial charge in [-0.25, -0.2) is 4.79 Å². The van der Waals surface area contributed by atoms with Gasteiger partial charge >= 0.3 is 6.03 Å². The number of urea groups is 1. The molecule has 1 saturated heterocycles. The van der Waals surface area contributed by atoms with Gasteiger partial charge in [0.25, 0.3) is 0 Å². The molecule has 6 rings (SSSR count). The zero-order chi connectivity index (χ0) is 32.4. The topological polar surface area (TPSA) is 92.3 Å². The number of carbonyl (C=O) groups excluding carboxylic acids is 1. The standard InChI is InChI=1S/C39H39N3O5/c1-42(25-28-9-4-2-5-10-28)26-36-24-37(30-17-15-29(27-43)16-18-30)47-38(46-36)31-11-8-12-33(23-31)41-39(44)40-32-19-21-35(22-20-32)45-34-13-6-3-7-14-34/h2-23,36-38,43H,24-27H2,1H3,(H2,40,41,44)/t36-,37+,38+/m1/s1. The summed E-state index contributed by atoms with van der Waals surface area (Å²) in [7, 11) is 2.10. The first kappa shape index (κ1) is 32.0. The van der Waals surface area contributed by atoms with Gasteiger partial charge in [0.1, 0.15) is 11.5 Å². The van der Waals surface area contributed by atoms with Crippen LogP contribution in [0.1, 0.15) is 41.1 Å². The summed E-state index contributed by atoms with van der Waals surface area (Å²) in [6, 6.07) is 42.1. The Morgan fingerprint density at radius 3 is 2.15 bits per heavy atom. The van der Waals surface area contributed by atoms with E-state index in [1.54, 1.807) is 12.1 Å². The molecule has 1 aliphatic heterocycles. The van der Waals surface area contributed by atoms with E-state index in [1.165, 1.54) is 5.56 Å². The summed E-state index contributed by atoms with van der Waals surface area (Å²) in [5.74, 6) is 1.42. The number of hydrogen-bond donors (Lipinski definition) is 3. The van der Waals surface area contributed by atoms with Gasteiger partial charge in [-0.05, 0) is 72.3 Å². The average Bonchev–Trinajstić information content (AvgIpc) is 3.10. The zero-order valence-electron chi connectivity index (χ0n) is 26.3. The SMILES string of the molecule is CN(Cc1ccccc1)C[C@H]1C[C@@H](c2ccc(CO)cc2)O[C@@H](c2cccc(NC(=O)Nc3ccc(Oc4ccccc4)cc3)c2)O1. The van der Waals surface area contributed by atoms with Crippen LogP contribution in [0.25, 0.3) is 0 Å². The number of amides is 2. The van der Waals surface area contributed by atoms with Gasteiger partial charge in [0.05, 0.1) is 18.8 Å². The second-order valence-electron chi connectivity index (χ2n) is 11.7. The summed E-state index contributed by atoms with van der Waals surface area (Å²) < 4.78 is 18.9. The van der Waals surface area contributed by atoms with Crippen molar-refractivity contribution in [3.63, 3.8) is 0 Å². The number of nitrogens with zero attached hydrogens (tertiary/aromatic N) is 1. The Bertz CT molecular complexity index is 1720. The van der Waals surface area contributed by atoms with Crippen LogP contribution < -0.4 is 15.4 Å². The Morgan fingerprint density at radius 2 is 1.43 bits per heavy atom. The summed E-state index contributed by atoms with van der Waals surface area (Å²) in [6.07, 6.45) is -0.253. The predicted molar refractivity (Wildman–Crippen MR) is 183 cm³/mol. The molecule has 8 nitrogen and oxygen atoms in total. The summed E-state index contributed by atoms with van der Waals surface area (Å²) >= 11 is 0. The number of hydrogen-bond acceptors (Lipinski definition) is 6. The minimum atomic E-state index is -0.636. The number of carbonyl (C=O) groups is 1. The molecule has 1 fully saturated rings. The smallest absolute Gasteiger partial charge is 0.323 e. The summed E-state index contributed by atoms with van der Waals surface area (Å²) in [6.45, 7) is 1.51. The van der Waals surface area contributed by atoms with Crippen molar-refractivity contribution in [1.29, 1.82) is 0 Å². The van der Waals surface area contributed by atoms with Crippen molar-refractivity contribution in [1.82, 2.24) is 4.90 Å². The molecule has 5 aromatic rings. The third kappa shape index (κ3) is 9.06. The molecule has 2 amide bonds. The van der Waals surface area contributed by atoms with E-state index in [0.29, 0.717) is 23.5 Å². The highest BCUT2D eigenvalue weighted by atomic mass is 16.7. The van der Waals surface area contributed by atoms with Crippen LogP contribution in [0.3, 0.4) is 0 Å². The minimum absolute atomic E-state index is 0.00814. The lowest BCUT2D eigenvalue weighted by Gasteiger charge is -2.38. The molecule has 0 spiro atoms. The Labute approximate surface area is 275 Å². The van der Waals surface area contributed by atoms with Crippen molar-refractivity contribution >= 4 is 17.4 Å². The van der Waals surface area contributed by atoms with Crippen molar-refractivity contribution in [2.24, 2.45) is 0 Å². The monoisotopic (exact) mass is 629 g/mol. The fourth-order valence-corrected chi connectivity index (χ4v) is 5.63. The van der Waals surface area contributed by atoms with Crippen LogP contribution in [-0.2, 0) is 22.6 Å². The molecular formula is C39H39N3O5. The Kier molecular flexibility index (Phi) is 10.6. The number of para-hydroxylation sites is 1. The molecule has 240 valence electrons. The van der Waals surface area contributed by atoms with Crippen molar-refractivity contribution in [2.75, 3.05) is 24.2 Å². The van der Waals surface area contributed by atoms with Gasteiger partial charge in [-0.1, -0.05) is 84.9 Å². The number of rotatable bonds is 11. The fraction of sp³-hybridized carbons (Fsp3) is 0.205. The van der Waals surface area contributed by atoms with Crippen LogP contribution in [0.4, 0.5) is 16.2 Å². The van der Waals surface area contributed by atoms with Crippen molar-refractivity contribution in [3.05, 3.63) is 156 Å². The quantitative estimate of drug-likeness (QED) is 0.136. The highest BCUT2D eigenvalue weighted by Crippen LogP contribution is 2.38. The molecule has 0 unspecified atom stereocenters. The van der Waals surface area contributed by atoms with E-state index in [0.717, 1.165) is 35.5 Å². The summed E-state index contributed by atoms with van der Waals surface area (Å²) in [4.78, 5) is 15.2. The van der Waals surface area contributed by atoms with Crippen LogP contribution in [0, 0.1) is 0 Å². The summed E-state index contributed by atoms with van der Waals surface area (Å²) in [5, 5.41) is 15.3. The summed E-state index contributed by atoms with van der Waals surface area (Å²) in [5.41, 5.74) is 5.17. The van der Waals surface area contributed by atoms with E-state index in [-0.39, 0.29) is 24.8 Å². The molecule has 5 aromatic carbocycles. The third-order valence-corrected chi connectivity index (χ3v) is 7.93. The van der Waals surface area contributed by atoms with Crippen molar-refractivity contribution < 1.29 is 24.1 Å². The molecule has 0 aliphatic carbocycles. The van der Waals surface area contributed by atoms with Crippen LogP contribution in [0.5, 0.6) is 11.5 Å². The van der Waals surface area contributed by atoms with E-state index in [2.05, 4.69) is 46.8 Å². The molecule has 0 bridgehead atoms. The normalized spacial score (nSPS) is 17.6. The first-order chi connectivity index (χ1) is 23.0. The number of aliphatic hydroxyl groups is 1. The molecule has 0 radical (unpaired) electrons. The molecule has 8 heteroatoms. The molecule has 3 N–H and O–H groups in total. The molecule has 47 heavy (non-hydrogen) atoms. The van der Waals surface area contributed by atoms with E-state index >= 15 is 0 Å². The van der Waals surface area contributed by atoms with Gasteiger partial charge in [0, 0.05) is 36.4 Å². The van der Waals surface area contributed by atoms with Gasteiger partial charge in [-0.15, -0.1) is 0 Å². The molecule has 1 heterocycles. The van der Waals surface area contributed by atoms with Crippen LogP contribution in [0.15, 0.2) is 133 Å². The Hall–Kier alpha value is -4.99. The number of ether oxygens (including phenoxy) is 3.